The monoisotopic (exact) mass is 346 g/mol. The van der Waals surface area contributed by atoms with Gasteiger partial charge in [-0.2, -0.15) is 0 Å². The maximum Gasteiger partial charge on any atom is 0.123 e. The van der Waals surface area contributed by atoms with Gasteiger partial charge in [0.1, 0.15) is 5.75 Å². The fraction of sp³-hybridized carbons (Fsp3) is 0.500. The first-order valence-electron chi connectivity index (χ1n) is 8.79. The number of methoxy groups -OCH3 is 1. The Morgan fingerprint density at radius 2 is 1.96 bits per heavy atom. The number of nitrogens with zero attached hydrogens (tertiary/aromatic N) is 1. The number of halogens is 1. The van der Waals surface area contributed by atoms with E-state index in [1.807, 2.05) is 0 Å². The second-order valence-electron chi connectivity index (χ2n) is 7.18. The highest BCUT2D eigenvalue weighted by molar-refractivity contribution is 5.87. The molecule has 3 nitrogen and oxygen atoms in total. The molecule has 2 N–H and O–H groups in total. The first kappa shape index (κ1) is 17.5. The minimum atomic E-state index is 0. The lowest BCUT2D eigenvalue weighted by atomic mass is 9.78. The molecule has 3 atom stereocenters. The number of rotatable bonds is 3. The summed E-state index contributed by atoms with van der Waals surface area (Å²) in [6, 6.07) is 13.3. The van der Waals surface area contributed by atoms with Gasteiger partial charge in [-0.15, -0.1) is 12.4 Å². The lowest BCUT2D eigenvalue weighted by Gasteiger charge is -2.29. The highest BCUT2D eigenvalue weighted by Gasteiger charge is 2.38. The fourth-order valence-corrected chi connectivity index (χ4v) is 4.63. The Labute approximate surface area is 150 Å². The average Bonchev–Trinajstić information content (AvgIpc) is 2.99. The summed E-state index contributed by atoms with van der Waals surface area (Å²) in [5, 5.41) is 2.60. The summed E-state index contributed by atoms with van der Waals surface area (Å²) in [5.74, 6) is 2.48. The summed E-state index contributed by atoms with van der Waals surface area (Å²) in [6.07, 6.45) is 3.85. The maximum absolute atomic E-state index is 6.37. The van der Waals surface area contributed by atoms with E-state index in [9.17, 15) is 0 Å². The summed E-state index contributed by atoms with van der Waals surface area (Å²) in [6.45, 7) is 3.28. The zero-order valence-electron chi connectivity index (χ0n) is 14.3. The molecule has 0 amide bonds. The zero-order chi connectivity index (χ0) is 15.8. The summed E-state index contributed by atoms with van der Waals surface area (Å²) >= 11 is 0. The zero-order valence-corrected chi connectivity index (χ0v) is 15.1. The summed E-state index contributed by atoms with van der Waals surface area (Å²) in [7, 11) is 1.77. The van der Waals surface area contributed by atoms with Crippen molar-refractivity contribution in [1.82, 2.24) is 4.90 Å². The molecule has 0 aromatic heterocycles. The molecule has 2 fully saturated rings. The van der Waals surface area contributed by atoms with E-state index < -0.39 is 0 Å². The van der Waals surface area contributed by atoms with E-state index in [2.05, 4.69) is 41.3 Å². The van der Waals surface area contributed by atoms with E-state index in [1.165, 1.54) is 42.1 Å². The molecule has 24 heavy (non-hydrogen) atoms. The molecule has 0 radical (unpaired) electrons. The predicted octanol–water partition coefficient (Wildman–Crippen LogP) is 3.83. The lowest BCUT2D eigenvalue weighted by Crippen LogP contribution is -2.38. The molecule has 0 spiro atoms. The van der Waals surface area contributed by atoms with Gasteiger partial charge in [0, 0.05) is 31.2 Å². The van der Waals surface area contributed by atoms with Gasteiger partial charge in [-0.3, -0.25) is 4.90 Å². The molecule has 1 aliphatic heterocycles. The smallest absolute Gasteiger partial charge is 0.123 e. The first-order chi connectivity index (χ1) is 11.3. The second kappa shape index (κ2) is 7.30. The van der Waals surface area contributed by atoms with Crippen LogP contribution in [-0.4, -0.2) is 31.1 Å². The second-order valence-corrected chi connectivity index (χ2v) is 7.18. The molecule has 4 heteroatoms. The van der Waals surface area contributed by atoms with Crippen LogP contribution in [0.1, 0.15) is 24.8 Å². The highest BCUT2D eigenvalue weighted by Crippen LogP contribution is 2.37. The SMILES string of the molecule is COc1ccc2ccccc2c1CN1CC2CCCC(N)C2C1.Cl. The van der Waals surface area contributed by atoms with Crippen molar-refractivity contribution in [1.29, 1.82) is 0 Å². The quantitative estimate of drug-likeness (QED) is 0.917. The van der Waals surface area contributed by atoms with Gasteiger partial charge in [0.25, 0.3) is 0 Å². The molecule has 1 aliphatic carbocycles. The fourth-order valence-electron chi connectivity index (χ4n) is 4.63. The van der Waals surface area contributed by atoms with E-state index in [4.69, 9.17) is 10.5 Å². The summed E-state index contributed by atoms with van der Waals surface area (Å²) in [5.41, 5.74) is 7.69. The molecule has 2 aliphatic rings. The Morgan fingerprint density at radius 3 is 2.75 bits per heavy atom. The van der Waals surface area contributed by atoms with Crippen molar-refractivity contribution in [3.05, 3.63) is 42.0 Å². The number of ether oxygens (including phenoxy) is 1. The van der Waals surface area contributed by atoms with Crippen LogP contribution in [0.3, 0.4) is 0 Å². The van der Waals surface area contributed by atoms with Crippen LogP contribution >= 0.6 is 12.4 Å². The van der Waals surface area contributed by atoms with Gasteiger partial charge in [-0.05, 0) is 41.5 Å². The normalized spacial score (nSPS) is 26.8. The lowest BCUT2D eigenvalue weighted by molar-refractivity contribution is 0.259. The minimum Gasteiger partial charge on any atom is -0.496 e. The molecule has 130 valence electrons. The van der Waals surface area contributed by atoms with Crippen LogP contribution in [-0.2, 0) is 6.54 Å². The van der Waals surface area contributed by atoms with E-state index in [0.717, 1.165) is 24.8 Å². The van der Waals surface area contributed by atoms with Gasteiger partial charge in [-0.25, -0.2) is 0 Å². The van der Waals surface area contributed by atoms with Crippen molar-refractivity contribution in [3.8, 4) is 5.75 Å². The molecule has 4 rings (SSSR count). The number of hydrogen-bond acceptors (Lipinski definition) is 3. The van der Waals surface area contributed by atoms with Gasteiger partial charge < -0.3 is 10.5 Å². The van der Waals surface area contributed by atoms with E-state index in [-0.39, 0.29) is 12.4 Å². The van der Waals surface area contributed by atoms with Crippen LogP contribution in [0, 0.1) is 11.8 Å². The Morgan fingerprint density at radius 1 is 1.12 bits per heavy atom. The standard InChI is InChI=1S/C20H26N2O.ClH/c1-23-20-10-9-14-5-2-3-7-16(14)18(20)13-22-11-15-6-4-8-19(21)17(15)12-22;/h2-3,5,7,9-10,15,17,19H,4,6,8,11-13,21H2,1H3;1H. The van der Waals surface area contributed by atoms with E-state index >= 15 is 0 Å². The number of likely N-dealkylation sites (tertiary alicyclic amines) is 1. The van der Waals surface area contributed by atoms with Crippen LogP contribution in [0.2, 0.25) is 0 Å². The highest BCUT2D eigenvalue weighted by atomic mass is 35.5. The molecular weight excluding hydrogens is 320 g/mol. The van der Waals surface area contributed by atoms with E-state index in [1.54, 1.807) is 7.11 Å². The van der Waals surface area contributed by atoms with Crippen molar-refractivity contribution in [3.63, 3.8) is 0 Å². The Hall–Kier alpha value is -1.29. The Bertz CT molecular complexity index is 705. The average molecular weight is 347 g/mol. The molecule has 3 unspecified atom stereocenters. The molecule has 0 bridgehead atoms. The number of fused-ring (bicyclic) bond motifs is 2. The van der Waals surface area contributed by atoms with Crippen molar-refractivity contribution in [2.24, 2.45) is 17.6 Å². The number of hydrogen-bond donors (Lipinski definition) is 1. The van der Waals surface area contributed by atoms with Gasteiger partial charge >= 0.3 is 0 Å². The molecular formula is C20H27ClN2O. The van der Waals surface area contributed by atoms with Gasteiger partial charge in [-0.1, -0.05) is 36.8 Å². The molecule has 1 saturated heterocycles. The third-order valence-electron chi connectivity index (χ3n) is 5.83. The Kier molecular flexibility index (Phi) is 5.33. The molecule has 1 heterocycles. The third kappa shape index (κ3) is 3.13. The van der Waals surface area contributed by atoms with E-state index in [0.29, 0.717) is 12.0 Å². The van der Waals surface area contributed by atoms with Gasteiger partial charge in [0.05, 0.1) is 7.11 Å². The van der Waals surface area contributed by atoms with Crippen LogP contribution in [0.25, 0.3) is 10.8 Å². The number of benzene rings is 2. The Balaban J connectivity index is 0.00000169. The molecule has 2 aromatic carbocycles. The topological polar surface area (TPSA) is 38.5 Å². The molecule has 1 saturated carbocycles. The van der Waals surface area contributed by atoms with Crippen molar-refractivity contribution in [2.45, 2.75) is 31.8 Å². The number of nitrogens with two attached hydrogens (primary N) is 1. The van der Waals surface area contributed by atoms with Crippen LogP contribution in [0.4, 0.5) is 0 Å². The first-order valence-corrected chi connectivity index (χ1v) is 8.79. The van der Waals surface area contributed by atoms with Crippen LogP contribution < -0.4 is 10.5 Å². The minimum absolute atomic E-state index is 0. The van der Waals surface area contributed by atoms with Crippen molar-refractivity contribution in [2.75, 3.05) is 20.2 Å². The summed E-state index contributed by atoms with van der Waals surface area (Å²) < 4.78 is 5.65. The predicted molar refractivity (Wildman–Crippen MR) is 102 cm³/mol. The maximum atomic E-state index is 6.37. The third-order valence-corrected chi connectivity index (χ3v) is 5.83. The van der Waals surface area contributed by atoms with Gasteiger partial charge in [0.15, 0.2) is 0 Å². The van der Waals surface area contributed by atoms with Crippen LogP contribution in [0.5, 0.6) is 5.75 Å². The molecule has 2 aromatic rings. The van der Waals surface area contributed by atoms with Crippen LogP contribution in [0.15, 0.2) is 36.4 Å². The van der Waals surface area contributed by atoms with Crippen molar-refractivity contribution < 1.29 is 4.74 Å². The summed E-state index contributed by atoms with van der Waals surface area (Å²) in [4.78, 5) is 2.59. The van der Waals surface area contributed by atoms with Crippen molar-refractivity contribution >= 4 is 23.2 Å². The van der Waals surface area contributed by atoms with Gasteiger partial charge in [0.2, 0.25) is 0 Å². The largest absolute Gasteiger partial charge is 0.496 e.